The Morgan fingerprint density at radius 1 is 1.00 bits per heavy atom. The number of rotatable bonds is 5. The standard InChI is InChI=1S/C18H22Cl2N2O3S/c19-14-4-15(20)6-16(5-14)26(24,25)22-21-17(23)10-18-7-11-1-12(8-18)3-13(2-11)9-18/h4-6,11-13,22H,1-3,7-10H2,(H,21,23). The Morgan fingerprint density at radius 3 is 2.00 bits per heavy atom. The van der Waals surface area contributed by atoms with Gasteiger partial charge in [0.1, 0.15) is 0 Å². The van der Waals surface area contributed by atoms with Crippen LogP contribution in [0.3, 0.4) is 0 Å². The molecule has 0 unspecified atom stereocenters. The van der Waals surface area contributed by atoms with Crippen molar-refractivity contribution in [2.24, 2.45) is 23.2 Å². The molecule has 1 amide bonds. The summed E-state index contributed by atoms with van der Waals surface area (Å²) in [5, 5.41) is 0.440. The largest absolute Gasteiger partial charge is 0.278 e. The molecule has 1 aromatic rings. The molecule has 4 fully saturated rings. The first kappa shape index (κ1) is 18.5. The van der Waals surface area contributed by atoms with Crippen LogP contribution in [0.15, 0.2) is 23.1 Å². The summed E-state index contributed by atoms with van der Waals surface area (Å²) >= 11 is 11.7. The third kappa shape index (κ3) is 3.75. The van der Waals surface area contributed by atoms with Gasteiger partial charge in [0.25, 0.3) is 10.0 Å². The predicted octanol–water partition coefficient (Wildman–Crippen LogP) is 3.91. The van der Waals surface area contributed by atoms with Crippen LogP contribution in [-0.4, -0.2) is 14.3 Å². The van der Waals surface area contributed by atoms with E-state index >= 15 is 0 Å². The first-order valence-corrected chi connectivity index (χ1v) is 11.2. The van der Waals surface area contributed by atoms with Gasteiger partial charge in [0, 0.05) is 16.5 Å². The van der Waals surface area contributed by atoms with Gasteiger partial charge < -0.3 is 0 Å². The van der Waals surface area contributed by atoms with E-state index in [0.717, 1.165) is 37.0 Å². The van der Waals surface area contributed by atoms with E-state index < -0.39 is 10.0 Å². The van der Waals surface area contributed by atoms with E-state index in [-0.39, 0.29) is 26.3 Å². The summed E-state index contributed by atoms with van der Waals surface area (Å²) in [5.41, 5.74) is 2.43. The molecule has 4 aliphatic rings. The van der Waals surface area contributed by atoms with E-state index in [9.17, 15) is 13.2 Å². The Morgan fingerprint density at radius 2 is 1.50 bits per heavy atom. The lowest BCUT2D eigenvalue weighted by molar-refractivity contribution is -0.129. The van der Waals surface area contributed by atoms with Gasteiger partial charge in [-0.3, -0.25) is 10.2 Å². The summed E-state index contributed by atoms with van der Waals surface area (Å²) in [5.74, 6) is 1.97. The number of hydrogen-bond donors (Lipinski definition) is 2. The third-order valence-corrected chi connectivity index (χ3v) is 7.84. The van der Waals surface area contributed by atoms with Crippen LogP contribution in [0.4, 0.5) is 0 Å². The molecule has 0 heterocycles. The van der Waals surface area contributed by atoms with E-state index in [0.29, 0.717) is 6.42 Å². The highest BCUT2D eigenvalue weighted by atomic mass is 35.5. The molecular formula is C18H22Cl2N2O3S. The van der Waals surface area contributed by atoms with Crippen LogP contribution in [-0.2, 0) is 14.8 Å². The number of carbonyl (C=O) groups excluding carboxylic acids is 1. The van der Waals surface area contributed by atoms with Gasteiger partial charge in [-0.05, 0) is 79.9 Å². The Kier molecular flexibility index (Phi) is 4.75. The molecule has 4 saturated carbocycles. The normalized spacial score (nSPS) is 32.6. The van der Waals surface area contributed by atoms with Crippen LogP contribution in [0.5, 0.6) is 0 Å². The second-order valence-corrected chi connectivity index (χ2v) is 10.9. The van der Waals surface area contributed by atoms with Gasteiger partial charge in [-0.25, -0.2) is 8.42 Å². The van der Waals surface area contributed by atoms with Crippen molar-refractivity contribution in [2.45, 2.75) is 49.8 Å². The fourth-order valence-electron chi connectivity index (χ4n) is 5.76. The summed E-state index contributed by atoms with van der Waals surface area (Å²) in [4.78, 5) is 14.5. The lowest BCUT2D eigenvalue weighted by Gasteiger charge is -2.56. The van der Waals surface area contributed by atoms with Gasteiger partial charge in [-0.2, -0.15) is 0 Å². The number of halogens is 2. The van der Waals surface area contributed by atoms with Gasteiger partial charge in [-0.15, -0.1) is 4.83 Å². The van der Waals surface area contributed by atoms with Crippen LogP contribution in [0.2, 0.25) is 10.0 Å². The third-order valence-electron chi connectivity index (χ3n) is 6.17. The molecule has 0 radical (unpaired) electrons. The maximum atomic E-state index is 12.4. The summed E-state index contributed by atoms with van der Waals surface area (Å²) in [6, 6.07) is 4.04. The van der Waals surface area contributed by atoms with E-state index in [2.05, 4.69) is 10.3 Å². The number of sulfonamides is 1. The lowest BCUT2D eigenvalue weighted by Crippen LogP contribution is -2.50. The average Bonchev–Trinajstić information content (AvgIpc) is 2.50. The zero-order valence-electron chi connectivity index (χ0n) is 14.3. The van der Waals surface area contributed by atoms with Gasteiger partial charge in [-0.1, -0.05) is 23.2 Å². The molecule has 0 aromatic heterocycles. The Balaban J connectivity index is 1.39. The van der Waals surface area contributed by atoms with Crippen molar-refractivity contribution in [3.63, 3.8) is 0 Å². The number of nitrogens with one attached hydrogen (secondary N) is 2. The van der Waals surface area contributed by atoms with Crippen molar-refractivity contribution < 1.29 is 13.2 Å². The molecule has 0 atom stereocenters. The minimum Gasteiger partial charge on any atom is -0.278 e. The Bertz CT molecular complexity index is 785. The van der Waals surface area contributed by atoms with Crippen LogP contribution >= 0.6 is 23.2 Å². The maximum absolute atomic E-state index is 12.4. The van der Waals surface area contributed by atoms with Gasteiger partial charge >= 0.3 is 0 Å². The van der Waals surface area contributed by atoms with E-state index in [1.165, 1.54) is 37.5 Å². The van der Waals surface area contributed by atoms with Crippen molar-refractivity contribution in [2.75, 3.05) is 0 Å². The summed E-state index contributed by atoms with van der Waals surface area (Å²) in [7, 11) is -3.92. The number of hydrazine groups is 1. The van der Waals surface area contributed by atoms with Crippen molar-refractivity contribution in [1.29, 1.82) is 0 Å². The van der Waals surface area contributed by atoms with Crippen molar-refractivity contribution in [1.82, 2.24) is 10.3 Å². The van der Waals surface area contributed by atoms with E-state index in [1.807, 2.05) is 0 Å². The second kappa shape index (κ2) is 6.66. The molecule has 0 saturated heterocycles. The van der Waals surface area contributed by atoms with Gasteiger partial charge in [0.05, 0.1) is 4.90 Å². The number of amides is 1. The molecular weight excluding hydrogens is 395 g/mol. The molecule has 8 heteroatoms. The molecule has 26 heavy (non-hydrogen) atoms. The Labute approximate surface area is 163 Å². The fourth-order valence-corrected chi connectivity index (χ4v) is 7.34. The minimum absolute atomic E-state index is 0.0592. The smallest absolute Gasteiger partial charge is 0.257 e. The van der Waals surface area contributed by atoms with Crippen molar-refractivity contribution in [3.8, 4) is 0 Å². The highest BCUT2D eigenvalue weighted by molar-refractivity contribution is 7.89. The molecule has 5 nitrogen and oxygen atoms in total. The van der Waals surface area contributed by atoms with E-state index in [1.54, 1.807) is 0 Å². The number of carbonyl (C=O) groups is 1. The SMILES string of the molecule is O=C(CC12CC3CC(CC(C3)C1)C2)NNS(=O)(=O)c1cc(Cl)cc(Cl)c1. The number of hydrogen-bond acceptors (Lipinski definition) is 3. The zero-order chi connectivity index (χ0) is 18.5. The van der Waals surface area contributed by atoms with Crippen LogP contribution in [0, 0.1) is 23.2 Å². The fraction of sp³-hybridized carbons (Fsp3) is 0.611. The first-order chi connectivity index (χ1) is 12.2. The molecule has 1 aromatic carbocycles. The monoisotopic (exact) mass is 416 g/mol. The zero-order valence-corrected chi connectivity index (χ0v) is 16.6. The summed E-state index contributed by atoms with van der Waals surface area (Å²) in [6.07, 6.45) is 7.61. The molecule has 0 aliphatic heterocycles. The van der Waals surface area contributed by atoms with Gasteiger partial charge in [0.15, 0.2) is 0 Å². The number of benzene rings is 1. The minimum atomic E-state index is -3.92. The molecule has 4 bridgehead atoms. The highest BCUT2D eigenvalue weighted by Gasteiger charge is 2.51. The van der Waals surface area contributed by atoms with Crippen LogP contribution in [0.25, 0.3) is 0 Å². The Hall–Kier alpha value is -0.820. The quantitative estimate of drug-likeness (QED) is 0.714. The molecule has 2 N–H and O–H groups in total. The summed E-state index contributed by atoms with van der Waals surface area (Å²) < 4.78 is 24.7. The molecule has 142 valence electrons. The van der Waals surface area contributed by atoms with Gasteiger partial charge in [0.2, 0.25) is 5.91 Å². The van der Waals surface area contributed by atoms with Crippen molar-refractivity contribution >= 4 is 39.1 Å². The molecule has 0 spiro atoms. The first-order valence-electron chi connectivity index (χ1n) is 9.00. The van der Waals surface area contributed by atoms with E-state index in [4.69, 9.17) is 23.2 Å². The molecule has 5 rings (SSSR count). The average molecular weight is 417 g/mol. The highest BCUT2D eigenvalue weighted by Crippen LogP contribution is 2.61. The maximum Gasteiger partial charge on any atom is 0.257 e. The topological polar surface area (TPSA) is 75.3 Å². The van der Waals surface area contributed by atoms with Crippen LogP contribution in [0.1, 0.15) is 44.9 Å². The second-order valence-electron chi connectivity index (χ2n) is 8.35. The predicted molar refractivity (Wildman–Crippen MR) is 100 cm³/mol. The molecule has 4 aliphatic carbocycles. The lowest BCUT2D eigenvalue weighted by atomic mass is 9.49. The van der Waals surface area contributed by atoms with Crippen molar-refractivity contribution in [3.05, 3.63) is 28.2 Å². The van der Waals surface area contributed by atoms with Crippen LogP contribution < -0.4 is 10.3 Å². The summed E-state index contributed by atoms with van der Waals surface area (Å²) in [6.45, 7) is 0.